The Bertz CT molecular complexity index is 4710. The molecule has 34 heteroatoms. The van der Waals surface area contributed by atoms with Crippen LogP contribution >= 0.6 is 0 Å². The Labute approximate surface area is 670 Å². The number of amides is 9. The molecule has 9 atom stereocenters. The summed E-state index contributed by atoms with van der Waals surface area (Å²) >= 11 is 0. The van der Waals surface area contributed by atoms with Crippen molar-refractivity contribution in [1.82, 2.24) is 44.6 Å². The maximum absolute atomic E-state index is 13.3. The van der Waals surface area contributed by atoms with Crippen LogP contribution in [0, 0.1) is 57.7 Å². The molecule has 606 valence electrons. The van der Waals surface area contributed by atoms with Crippen molar-refractivity contribution in [2.45, 2.75) is 148 Å². The lowest BCUT2D eigenvalue weighted by molar-refractivity contribution is -0.131. The van der Waals surface area contributed by atoms with Gasteiger partial charge in [0, 0.05) is 133 Å². The van der Waals surface area contributed by atoms with E-state index in [1.807, 2.05) is 51.1 Å². The lowest BCUT2D eigenvalue weighted by atomic mass is 9.77. The molecule has 5 saturated heterocycles. The monoisotopic (exact) mass is 1580 g/mol. The predicted molar refractivity (Wildman–Crippen MR) is 417 cm³/mol. The van der Waals surface area contributed by atoms with Crippen molar-refractivity contribution in [2.24, 2.45) is 23.7 Å². The lowest BCUT2D eigenvalue weighted by Gasteiger charge is -2.35. The fourth-order valence-electron chi connectivity index (χ4n) is 15.8. The van der Waals surface area contributed by atoms with Crippen LogP contribution in [0.3, 0.4) is 0 Å². The number of fused-ring (bicyclic) bond motifs is 3. The van der Waals surface area contributed by atoms with Gasteiger partial charge in [0.15, 0.2) is 31.1 Å². The van der Waals surface area contributed by atoms with E-state index in [1.165, 1.54) is 45.4 Å². The highest BCUT2D eigenvalue weighted by molar-refractivity contribution is 6.04. The molecule has 0 radical (unpaired) electrons. The number of nitriles is 3. The van der Waals surface area contributed by atoms with Crippen LogP contribution in [0.1, 0.15) is 159 Å². The number of pyridine rings is 6. The molecule has 34 nitrogen and oxygen atoms in total. The van der Waals surface area contributed by atoms with Gasteiger partial charge in [-0.1, -0.05) is 20.8 Å². The Balaban J connectivity index is 0.000000151. The van der Waals surface area contributed by atoms with E-state index in [0.29, 0.717) is 188 Å². The smallest absolute Gasteiger partial charge is 0.328 e. The maximum Gasteiger partial charge on any atom is 0.328 e. The molecule has 116 heavy (non-hydrogen) atoms. The number of rotatable bonds is 21. The van der Waals surface area contributed by atoms with Gasteiger partial charge in [-0.15, -0.1) is 0 Å². The quantitative estimate of drug-likeness (QED) is 0.0573. The topological polar surface area (TPSA) is 422 Å². The summed E-state index contributed by atoms with van der Waals surface area (Å²) in [5.41, 5.74) is 7.00. The van der Waals surface area contributed by atoms with Crippen molar-refractivity contribution in [3.63, 3.8) is 0 Å². The third kappa shape index (κ3) is 18.2. The lowest BCUT2D eigenvalue weighted by Crippen LogP contribution is -2.40. The highest BCUT2D eigenvalue weighted by Crippen LogP contribution is 2.38. The summed E-state index contributed by atoms with van der Waals surface area (Å²) in [4.78, 5) is 149. The fourth-order valence-corrected chi connectivity index (χ4v) is 15.8. The summed E-state index contributed by atoms with van der Waals surface area (Å²) in [5.74, 6) is 3.05. The summed E-state index contributed by atoms with van der Waals surface area (Å²) in [7, 11) is 4.83. The Morgan fingerprint density at radius 1 is 0.457 bits per heavy atom. The Kier molecular flexibility index (Phi) is 26.2. The summed E-state index contributed by atoms with van der Waals surface area (Å²) in [6.45, 7) is 11.3. The number of nitrogens with zero attached hydrogens (tertiary/aromatic N) is 15. The molecule has 1 aliphatic carbocycles. The molecule has 9 aliphatic rings. The molecule has 3 N–H and O–H groups in total. The number of carbonyl (C=O) groups is 9. The van der Waals surface area contributed by atoms with Crippen molar-refractivity contribution in [1.29, 1.82) is 15.8 Å². The number of hydrogen-bond acceptors (Lipinski definition) is 25. The highest BCUT2D eigenvalue weighted by atomic mass is 16.6. The number of anilines is 6. The number of hydrogen-bond donors (Lipinski definition) is 3. The number of aryl methyl sites for hydroxylation is 3. The molecule has 0 aromatic carbocycles. The highest BCUT2D eigenvalue weighted by Gasteiger charge is 2.38. The zero-order valence-electron chi connectivity index (χ0n) is 65.5. The van der Waals surface area contributed by atoms with Gasteiger partial charge >= 0.3 is 18.1 Å². The molecule has 6 fully saturated rings. The van der Waals surface area contributed by atoms with Crippen molar-refractivity contribution >= 4 is 89.6 Å². The Morgan fingerprint density at radius 3 is 1.11 bits per heavy atom. The average molecular weight is 1590 g/mol. The molecular formula is C82H92N18O16. The molecule has 6 aromatic heterocycles. The normalized spacial score (nSPS) is 22.4. The first kappa shape index (κ1) is 82.0. The average Bonchev–Trinajstić information content (AvgIpc) is 0.857. The molecule has 8 aliphatic heterocycles. The van der Waals surface area contributed by atoms with E-state index < -0.39 is 30.3 Å². The first-order valence-corrected chi connectivity index (χ1v) is 39.1. The van der Waals surface area contributed by atoms with E-state index in [4.69, 9.17) is 33.2 Å². The second-order valence-electron chi connectivity index (χ2n) is 30.2. The second-order valence-corrected chi connectivity index (χ2v) is 30.2. The number of urea groups is 3. The van der Waals surface area contributed by atoms with E-state index in [-0.39, 0.29) is 105 Å². The van der Waals surface area contributed by atoms with Gasteiger partial charge in [-0.2, -0.15) is 15.8 Å². The van der Waals surface area contributed by atoms with Crippen molar-refractivity contribution < 1.29 is 76.3 Å². The number of aldehydes is 3. The minimum absolute atomic E-state index is 0.00840. The van der Waals surface area contributed by atoms with Crippen LogP contribution in [0.25, 0.3) is 0 Å². The Morgan fingerprint density at radius 2 is 0.802 bits per heavy atom. The van der Waals surface area contributed by atoms with E-state index in [2.05, 4.69) is 51.9 Å². The fraction of sp³-hybridized carbons (Fsp3) is 0.488. The number of likely N-dealkylation sites (tertiary alicyclic amines) is 3. The van der Waals surface area contributed by atoms with E-state index in [0.717, 1.165) is 67.2 Å². The van der Waals surface area contributed by atoms with Crippen LogP contribution in [-0.4, -0.2) is 217 Å². The molecular weight excluding hydrogens is 1490 g/mol. The number of nitrogens with one attached hydrogen (secondary N) is 3. The molecule has 0 bridgehead atoms. The van der Waals surface area contributed by atoms with Crippen LogP contribution in [0.5, 0.6) is 11.5 Å². The summed E-state index contributed by atoms with van der Waals surface area (Å²) in [6.07, 6.45) is 14.4. The standard InChI is InChI=1S/C28H32N6O4.2C27H30N6O6/c1-17-7-9-33(27(17)36)15-21-11-19-4-3-8-34(26(19)31-23(21)16-35)28(37)32-25-12-20(22(13-29)14-30-25)10-18-5-6-24(18)38-2;2*1-16-5-7-32(26(16)35)12-18-8-17-4-3-6-33(25(17)30-20(18)13-34)27(36)31-24-9-21(19(10-28)11-29-24)39-23-15-38-14-22(23)37-2/h11-12,14,16-18,24H,3-10,15H2,1-2H3,(H,30,32,37);2*8-9,11,13,16,22-23H,3-7,12,14-15H2,1-2H3,(H,29,31,36)/t17?,18-,24+;16-,22+,23+;16-,22-,23-/m100/s1. The van der Waals surface area contributed by atoms with Crippen LogP contribution in [0.15, 0.2) is 55.0 Å². The third-order valence-electron chi connectivity index (χ3n) is 22.7. The molecule has 1 saturated carbocycles. The van der Waals surface area contributed by atoms with E-state index >= 15 is 0 Å². The van der Waals surface area contributed by atoms with Crippen molar-refractivity contribution in [3.8, 4) is 29.7 Å². The van der Waals surface area contributed by atoms with Gasteiger partial charge in [-0.05, 0) is 129 Å². The van der Waals surface area contributed by atoms with Gasteiger partial charge in [0.2, 0.25) is 17.7 Å². The zero-order valence-corrected chi connectivity index (χ0v) is 65.5. The van der Waals surface area contributed by atoms with E-state index in [1.54, 1.807) is 42.1 Å². The predicted octanol–water partition coefficient (Wildman–Crippen LogP) is 8.09. The van der Waals surface area contributed by atoms with E-state index in [9.17, 15) is 58.9 Å². The van der Waals surface area contributed by atoms with Gasteiger partial charge in [-0.25, -0.2) is 44.3 Å². The minimum atomic E-state index is -0.473. The van der Waals surface area contributed by atoms with Crippen LogP contribution < -0.4 is 40.1 Å². The third-order valence-corrected chi connectivity index (χ3v) is 22.7. The zero-order chi connectivity index (χ0) is 81.8. The SMILES string of the molecule is CO[C@@H]1COC[C@H]1Oc1cc(NC(=O)N2CCCc3cc(CN4CC[C@H](C)C4=O)c(C=O)nc32)ncc1C#N.CO[C@H]1CC[C@@H]1Cc1cc(NC(=O)N2CCCc3cc(CN4CCC(C)C4=O)c(C=O)nc32)ncc1C#N.CO[C@H]1COC[C@@H]1Oc1cc(NC(=O)N2CCCc3cc(CN4CC[C@H](C)C4=O)c(C=O)nc32)ncc1C#N. The first-order valence-electron chi connectivity index (χ1n) is 39.1. The van der Waals surface area contributed by atoms with Crippen molar-refractivity contribution in [2.75, 3.05) is 118 Å². The second kappa shape index (κ2) is 37.1. The van der Waals surface area contributed by atoms with Gasteiger partial charge in [0.25, 0.3) is 0 Å². The Hall–Kier alpha value is -12.0. The van der Waals surface area contributed by atoms with Gasteiger partial charge < -0.3 is 47.9 Å². The molecule has 6 aromatic rings. The molecule has 14 heterocycles. The van der Waals surface area contributed by atoms with Crippen LogP contribution in [-0.2, 0) is 83.4 Å². The molecule has 15 rings (SSSR count). The molecule has 1 unspecified atom stereocenters. The number of aromatic nitrogens is 6. The maximum atomic E-state index is 13.3. The minimum Gasteiger partial charge on any atom is -0.484 e. The number of ether oxygens (including phenoxy) is 7. The first-order chi connectivity index (χ1) is 56.2. The van der Waals surface area contributed by atoms with Gasteiger partial charge in [-0.3, -0.25) is 59.4 Å². The summed E-state index contributed by atoms with van der Waals surface area (Å²) in [6, 6.07) is 15.4. The van der Waals surface area contributed by atoms with Gasteiger partial charge in [0.05, 0.1) is 50.5 Å². The summed E-state index contributed by atoms with van der Waals surface area (Å²) < 4.78 is 39.0. The van der Waals surface area contributed by atoms with Crippen LogP contribution in [0.4, 0.5) is 49.3 Å². The molecule has 9 amide bonds. The van der Waals surface area contributed by atoms with Gasteiger partial charge in [0.1, 0.15) is 105 Å². The number of methoxy groups -OCH3 is 3. The molecule has 0 spiro atoms. The largest absolute Gasteiger partial charge is 0.484 e. The summed E-state index contributed by atoms with van der Waals surface area (Å²) in [5, 5.41) is 36.9. The van der Waals surface area contributed by atoms with Crippen LogP contribution in [0.2, 0.25) is 0 Å². The number of carbonyl (C=O) groups excluding carboxylic acids is 9. The van der Waals surface area contributed by atoms with Crippen molar-refractivity contribution in [3.05, 3.63) is 128 Å².